The molecule has 2 rings (SSSR count). The summed E-state index contributed by atoms with van der Waals surface area (Å²) in [6.07, 6.45) is -4.27. The first-order valence-corrected chi connectivity index (χ1v) is 7.05. The molecule has 0 spiro atoms. The molecule has 0 aromatic rings. The van der Waals surface area contributed by atoms with Crippen molar-refractivity contribution in [3.63, 3.8) is 0 Å². The Balaban J connectivity index is 1.89. The van der Waals surface area contributed by atoms with E-state index in [-0.39, 0.29) is 43.8 Å². The predicted octanol–water partition coefficient (Wildman–Crippen LogP) is 1.03. The molecule has 1 atom stereocenters. The maximum absolute atomic E-state index is 12.4. The molecule has 8 heteroatoms. The van der Waals surface area contributed by atoms with Gasteiger partial charge in [0.1, 0.15) is 0 Å². The zero-order valence-electron chi connectivity index (χ0n) is 11.9. The van der Waals surface area contributed by atoms with Gasteiger partial charge in [0.15, 0.2) is 0 Å². The third-order valence-electron chi connectivity index (χ3n) is 4.02. The first-order valence-electron chi connectivity index (χ1n) is 7.05. The van der Waals surface area contributed by atoms with Crippen LogP contribution in [0.1, 0.15) is 19.8 Å². The van der Waals surface area contributed by atoms with Gasteiger partial charge in [0, 0.05) is 25.6 Å². The topological polar surface area (TPSA) is 49.9 Å². The minimum Gasteiger partial charge on any atom is -0.377 e. The maximum Gasteiger partial charge on any atom is 0.471 e. The number of halogens is 3. The van der Waals surface area contributed by atoms with E-state index in [1.165, 1.54) is 0 Å². The normalized spacial score (nSPS) is 25.0. The molecule has 0 bridgehead atoms. The molecule has 2 amide bonds. The van der Waals surface area contributed by atoms with Crippen LogP contribution in [0, 0.1) is 5.92 Å². The van der Waals surface area contributed by atoms with Crippen molar-refractivity contribution < 1.29 is 27.5 Å². The summed E-state index contributed by atoms with van der Waals surface area (Å²) in [7, 11) is 0. The number of carbonyl (C=O) groups is 2. The molecule has 0 aliphatic carbocycles. The van der Waals surface area contributed by atoms with Crippen molar-refractivity contribution >= 4 is 11.8 Å². The molecule has 5 nitrogen and oxygen atoms in total. The van der Waals surface area contributed by atoms with Crippen molar-refractivity contribution in [2.45, 2.75) is 32.0 Å². The van der Waals surface area contributed by atoms with Crippen LogP contribution in [-0.2, 0) is 14.3 Å². The molecule has 0 radical (unpaired) electrons. The Bertz CT molecular complexity index is 406. The van der Waals surface area contributed by atoms with Gasteiger partial charge in [-0.05, 0) is 19.8 Å². The van der Waals surface area contributed by atoms with Gasteiger partial charge in [0.25, 0.3) is 0 Å². The number of ether oxygens (including phenoxy) is 1. The van der Waals surface area contributed by atoms with Gasteiger partial charge in [-0.2, -0.15) is 13.2 Å². The largest absolute Gasteiger partial charge is 0.471 e. The molecular weight excluding hydrogens is 289 g/mol. The van der Waals surface area contributed by atoms with Crippen LogP contribution in [0.5, 0.6) is 0 Å². The smallest absolute Gasteiger partial charge is 0.377 e. The fraction of sp³-hybridized carbons (Fsp3) is 0.846. The SMILES string of the molecule is CC1COCCN1C(=O)C1CCN(C(=O)C(F)(F)F)CC1. The van der Waals surface area contributed by atoms with E-state index < -0.39 is 12.1 Å². The number of alkyl halides is 3. The van der Waals surface area contributed by atoms with Crippen LogP contribution in [0.4, 0.5) is 13.2 Å². The number of morpholine rings is 1. The fourth-order valence-corrected chi connectivity index (χ4v) is 2.80. The number of hydrogen-bond acceptors (Lipinski definition) is 3. The second-order valence-corrected chi connectivity index (χ2v) is 5.52. The second-order valence-electron chi connectivity index (χ2n) is 5.52. The molecule has 2 aliphatic rings. The van der Waals surface area contributed by atoms with Crippen LogP contribution in [0.3, 0.4) is 0 Å². The molecule has 120 valence electrons. The molecule has 2 heterocycles. The summed E-state index contributed by atoms with van der Waals surface area (Å²) in [6.45, 7) is 3.33. The lowest BCUT2D eigenvalue weighted by Gasteiger charge is -2.38. The summed E-state index contributed by atoms with van der Waals surface area (Å²) in [4.78, 5) is 26.0. The number of piperidine rings is 1. The highest BCUT2D eigenvalue weighted by Crippen LogP contribution is 2.25. The van der Waals surface area contributed by atoms with Crippen molar-refractivity contribution in [1.82, 2.24) is 9.80 Å². The van der Waals surface area contributed by atoms with Crippen LogP contribution < -0.4 is 0 Å². The van der Waals surface area contributed by atoms with E-state index >= 15 is 0 Å². The standard InChI is InChI=1S/C13H19F3N2O3/c1-9-8-21-7-6-18(9)11(19)10-2-4-17(5-3-10)12(20)13(14,15)16/h9-10H,2-8H2,1H3. The number of carbonyl (C=O) groups excluding carboxylic acids is 2. The molecule has 21 heavy (non-hydrogen) atoms. The maximum atomic E-state index is 12.4. The summed E-state index contributed by atoms with van der Waals surface area (Å²) < 4.78 is 42.3. The quantitative estimate of drug-likeness (QED) is 0.727. The van der Waals surface area contributed by atoms with E-state index in [1.54, 1.807) is 4.90 Å². The van der Waals surface area contributed by atoms with E-state index in [9.17, 15) is 22.8 Å². The van der Waals surface area contributed by atoms with Crippen LogP contribution >= 0.6 is 0 Å². The first kappa shape index (κ1) is 16.1. The molecule has 2 fully saturated rings. The lowest BCUT2D eigenvalue weighted by atomic mass is 9.94. The van der Waals surface area contributed by atoms with E-state index in [0.29, 0.717) is 19.8 Å². The number of rotatable bonds is 1. The third-order valence-corrected chi connectivity index (χ3v) is 4.02. The fourth-order valence-electron chi connectivity index (χ4n) is 2.80. The summed E-state index contributed by atoms with van der Waals surface area (Å²) in [5.41, 5.74) is 0. The molecule has 0 aromatic carbocycles. The average molecular weight is 308 g/mol. The van der Waals surface area contributed by atoms with Crippen LogP contribution in [0.25, 0.3) is 0 Å². The Morgan fingerprint density at radius 1 is 1.14 bits per heavy atom. The van der Waals surface area contributed by atoms with Crippen molar-refractivity contribution in [3.8, 4) is 0 Å². The van der Waals surface area contributed by atoms with E-state index in [4.69, 9.17) is 4.74 Å². The molecule has 2 aliphatic heterocycles. The number of hydrogen-bond donors (Lipinski definition) is 0. The van der Waals surface area contributed by atoms with Crippen molar-refractivity contribution in [3.05, 3.63) is 0 Å². The lowest BCUT2D eigenvalue weighted by Crippen LogP contribution is -2.52. The zero-order chi connectivity index (χ0) is 15.6. The minimum atomic E-state index is -4.84. The minimum absolute atomic E-state index is 0.0129. The molecule has 0 N–H and O–H groups in total. The van der Waals surface area contributed by atoms with Crippen LogP contribution in [-0.4, -0.2) is 66.7 Å². The van der Waals surface area contributed by atoms with E-state index in [2.05, 4.69) is 0 Å². The van der Waals surface area contributed by atoms with E-state index in [1.807, 2.05) is 6.92 Å². The van der Waals surface area contributed by atoms with Gasteiger partial charge in [-0.1, -0.05) is 0 Å². The van der Waals surface area contributed by atoms with Gasteiger partial charge in [-0.3, -0.25) is 9.59 Å². The highest BCUT2D eigenvalue weighted by Gasteiger charge is 2.44. The van der Waals surface area contributed by atoms with Crippen molar-refractivity contribution in [2.24, 2.45) is 5.92 Å². The zero-order valence-corrected chi connectivity index (χ0v) is 11.9. The number of nitrogens with zero attached hydrogens (tertiary/aromatic N) is 2. The Kier molecular flexibility index (Phi) is 4.75. The Hall–Kier alpha value is -1.31. The highest BCUT2D eigenvalue weighted by molar-refractivity contribution is 5.83. The van der Waals surface area contributed by atoms with Crippen LogP contribution in [0.15, 0.2) is 0 Å². The molecular formula is C13H19F3N2O3. The molecule has 1 unspecified atom stereocenters. The molecule has 2 saturated heterocycles. The van der Waals surface area contributed by atoms with Gasteiger partial charge in [0.2, 0.25) is 5.91 Å². The third kappa shape index (κ3) is 3.66. The number of likely N-dealkylation sites (tertiary alicyclic amines) is 1. The van der Waals surface area contributed by atoms with E-state index in [0.717, 1.165) is 4.90 Å². The lowest BCUT2D eigenvalue weighted by molar-refractivity contribution is -0.187. The van der Waals surface area contributed by atoms with Gasteiger partial charge < -0.3 is 14.5 Å². The molecule has 0 saturated carbocycles. The van der Waals surface area contributed by atoms with Gasteiger partial charge in [0.05, 0.1) is 19.3 Å². The summed E-state index contributed by atoms with van der Waals surface area (Å²) in [5, 5.41) is 0. The monoisotopic (exact) mass is 308 g/mol. The van der Waals surface area contributed by atoms with Crippen molar-refractivity contribution in [1.29, 1.82) is 0 Å². The Morgan fingerprint density at radius 2 is 1.76 bits per heavy atom. The second kappa shape index (κ2) is 6.21. The predicted molar refractivity (Wildman–Crippen MR) is 67.4 cm³/mol. The highest BCUT2D eigenvalue weighted by atomic mass is 19.4. The van der Waals surface area contributed by atoms with Crippen LogP contribution in [0.2, 0.25) is 0 Å². The van der Waals surface area contributed by atoms with Gasteiger partial charge in [-0.15, -0.1) is 0 Å². The Labute approximate surface area is 121 Å². The molecule has 0 aromatic heterocycles. The Morgan fingerprint density at radius 3 is 2.29 bits per heavy atom. The van der Waals surface area contributed by atoms with Gasteiger partial charge in [-0.25, -0.2) is 0 Å². The van der Waals surface area contributed by atoms with Gasteiger partial charge >= 0.3 is 12.1 Å². The summed E-state index contributed by atoms with van der Waals surface area (Å²) in [6, 6.07) is -0.0129. The summed E-state index contributed by atoms with van der Waals surface area (Å²) in [5.74, 6) is -2.15. The average Bonchev–Trinajstić information content (AvgIpc) is 2.45. The summed E-state index contributed by atoms with van der Waals surface area (Å²) >= 11 is 0. The first-order chi connectivity index (χ1) is 9.80. The number of amides is 2. The van der Waals surface area contributed by atoms with Crippen molar-refractivity contribution in [2.75, 3.05) is 32.8 Å².